The van der Waals surface area contributed by atoms with Crippen molar-refractivity contribution in [1.82, 2.24) is 9.80 Å². The molecule has 1 aliphatic rings. The van der Waals surface area contributed by atoms with E-state index in [1.165, 1.54) is 20.8 Å². The fourth-order valence-corrected chi connectivity index (χ4v) is 1.01. The number of hydrogen-bond donors (Lipinski definition) is 0. The van der Waals surface area contributed by atoms with Crippen molar-refractivity contribution in [1.29, 1.82) is 0 Å². The van der Waals surface area contributed by atoms with E-state index in [1.807, 2.05) is 0 Å². The molecule has 2 unspecified atom stereocenters. The van der Waals surface area contributed by atoms with Gasteiger partial charge in [-0.15, -0.1) is 0 Å². The van der Waals surface area contributed by atoms with Crippen LogP contribution >= 0.6 is 0 Å². The minimum Gasteiger partial charge on any atom is -0.437 e. The number of nitrogens with zero attached hydrogens (tertiary/aromatic N) is 2. The molecular formula is C12H21F3N2O2. The van der Waals surface area contributed by atoms with Gasteiger partial charge in [-0.25, -0.2) is 4.79 Å². The van der Waals surface area contributed by atoms with E-state index in [9.17, 15) is 18.0 Å². The van der Waals surface area contributed by atoms with Gasteiger partial charge in [-0.2, -0.15) is 13.2 Å². The number of ether oxygens (including phenoxy) is 1. The Bertz CT molecular complexity index is 566. The third-order valence-corrected chi connectivity index (χ3v) is 2.24. The highest BCUT2D eigenvalue weighted by molar-refractivity contribution is 5.68. The first-order valence-corrected chi connectivity index (χ1v) is 5.49. The lowest BCUT2D eigenvalue weighted by atomic mass is 10.1. The summed E-state index contributed by atoms with van der Waals surface area (Å²) in [5.41, 5.74) is -1.23. The van der Waals surface area contributed by atoms with E-state index in [0.717, 1.165) is 0 Å². The molecule has 1 amide bonds. The quantitative estimate of drug-likeness (QED) is 0.743. The van der Waals surface area contributed by atoms with E-state index in [4.69, 9.17) is 9.60 Å². The van der Waals surface area contributed by atoms with Crippen molar-refractivity contribution in [2.24, 2.45) is 0 Å². The minimum atomic E-state index is -4.97. The van der Waals surface area contributed by atoms with Crippen LogP contribution in [-0.4, -0.2) is 59.7 Å². The first-order chi connectivity index (χ1) is 11.2. The lowest BCUT2D eigenvalue weighted by Crippen LogP contribution is -2.55. The highest BCUT2D eigenvalue weighted by atomic mass is 19.4. The number of hydrogen-bond acceptors (Lipinski definition) is 3. The minimum absolute atomic E-state index is 0.401. The van der Waals surface area contributed by atoms with Gasteiger partial charge in [0.15, 0.2) is 6.10 Å². The Morgan fingerprint density at radius 3 is 2.32 bits per heavy atom. The van der Waals surface area contributed by atoms with Crippen molar-refractivity contribution in [3.05, 3.63) is 0 Å². The average Bonchev–Trinajstić information content (AvgIpc) is 2.32. The maximum Gasteiger partial charge on any atom is 0.425 e. The molecule has 0 aliphatic carbocycles. The maximum atomic E-state index is 12.6. The summed E-state index contributed by atoms with van der Waals surface area (Å²) in [5.74, 6) is 0. The van der Waals surface area contributed by atoms with Crippen LogP contribution in [0.15, 0.2) is 0 Å². The van der Waals surface area contributed by atoms with Gasteiger partial charge in [-0.3, -0.25) is 4.90 Å². The second-order valence-corrected chi connectivity index (χ2v) is 4.93. The molecule has 1 rings (SSSR count). The van der Waals surface area contributed by atoms with Crippen molar-refractivity contribution >= 4 is 6.09 Å². The molecular weight excluding hydrogens is 261 g/mol. The summed E-state index contributed by atoms with van der Waals surface area (Å²) in [6.45, 7) is -7.11. The first kappa shape index (κ1) is 8.34. The zero-order chi connectivity index (χ0) is 21.1. The molecule has 0 N–H and O–H groups in total. The van der Waals surface area contributed by atoms with Crippen molar-refractivity contribution in [3.63, 3.8) is 0 Å². The van der Waals surface area contributed by atoms with Crippen LogP contribution in [0.2, 0.25) is 0 Å². The standard InChI is InChI=1S/C12H21F3N2O2/c1-9(12(13,14)15)19-10(18)16-5-7-17(8-6-16)11(2,3)4/h9H,5-8H2,1-4H3/i5D2,6D2,7D,8D2. The van der Waals surface area contributed by atoms with Gasteiger partial charge in [-0.05, 0) is 27.7 Å². The largest absolute Gasteiger partial charge is 0.437 e. The zero-order valence-electron chi connectivity index (χ0n) is 18.0. The molecule has 0 spiro atoms. The van der Waals surface area contributed by atoms with Crippen LogP contribution in [-0.2, 0) is 4.74 Å². The van der Waals surface area contributed by atoms with E-state index in [-0.39, 0.29) is 0 Å². The zero-order valence-corrected chi connectivity index (χ0v) is 11.0. The molecule has 0 saturated carbocycles. The Labute approximate surface area is 121 Å². The smallest absolute Gasteiger partial charge is 0.425 e. The molecule has 1 heterocycles. The number of piperazine rings is 1. The Kier molecular flexibility index (Phi) is 2.44. The predicted octanol–water partition coefficient (Wildman–Crippen LogP) is 2.49. The fraction of sp³-hybridized carbons (Fsp3) is 0.917. The van der Waals surface area contributed by atoms with Gasteiger partial charge in [-0.1, -0.05) is 0 Å². The molecule has 0 aromatic carbocycles. The Hall–Kier alpha value is -0.980. The molecule has 2 atom stereocenters. The SMILES string of the molecule is [2H]C1N(C(C)(C)C)C([2H])([2H])C([2H])([2H])N(C(=O)OC(C)C(F)(F)F)C1([2H])[2H]. The van der Waals surface area contributed by atoms with Crippen molar-refractivity contribution in [2.45, 2.75) is 45.5 Å². The topological polar surface area (TPSA) is 32.8 Å². The summed E-state index contributed by atoms with van der Waals surface area (Å²) >= 11 is 0. The van der Waals surface area contributed by atoms with Gasteiger partial charge in [0, 0.05) is 35.7 Å². The third kappa shape index (κ3) is 4.56. The fourth-order valence-electron chi connectivity index (χ4n) is 1.01. The van der Waals surface area contributed by atoms with Crippen molar-refractivity contribution in [3.8, 4) is 0 Å². The van der Waals surface area contributed by atoms with Gasteiger partial charge < -0.3 is 9.64 Å². The molecule has 0 aromatic heterocycles. The van der Waals surface area contributed by atoms with E-state index < -0.39 is 54.8 Å². The van der Waals surface area contributed by atoms with Crippen LogP contribution in [0, 0.1) is 0 Å². The Morgan fingerprint density at radius 2 is 1.84 bits per heavy atom. The van der Waals surface area contributed by atoms with E-state index in [2.05, 4.69) is 4.74 Å². The first-order valence-electron chi connectivity index (χ1n) is 9.07. The number of amides is 1. The summed E-state index contributed by atoms with van der Waals surface area (Å²) in [6, 6.07) is 0. The molecule has 1 saturated heterocycles. The molecule has 1 aliphatic heterocycles. The van der Waals surface area contributed by atoms with Gasteiger partial charge in [0.05, 0.1) is 5.48 Å². The molecule has 0 bridgehead atoms. The predicted molar refractivity (Wildman–Crippen MR) is 64.9 cm³/mol. The van der Waals surface area contributed by atoms with Crippen LogP contribution < -0.4 is 0 Å². The summed E-state index contributed by atoms with van der Waals surface area (Å²) in [7, 11) is 0. The Morgan fingerprint density at radius 1 is 1.26 bits per heavy atom. The Balaban J connectivity index is 3.44. The van der Waals surface area contributed by atoms with E-state index in [1.54, 1.807) is 0 Å². The summed E-state index contributed by atoms with van der Waals surface area (Å²) in [6.07, 6.45) is -9.68. The second kappa shape index (κ2) is 5.56. The van der Waals surface area contributed by atoms with Crippen LogP contribution in [0.3, 0.4) is 0 Å². The number of carbonyl (C=O) groups excluding carboxylic acids is 1. The van der Waals surface area contributed by atoms with E-state index in [0.29, 0.717) is 11.8 Å². The molecule has 7 heteroatoms. The lowest BCUT2D eigenvalue weighted by Gasteiger charge is -2.42. The monoisotopic (exact) mass is 289 g/mol. The number of rotatable bonds is 1. The lowest BCUT2D eigenvalue weighted by molar-refractivity contribution is -0.200. The normalized spacial score (nSPS) is 37.5. The number of halogens is 3. The van der Waals surface area contributed by atoms with Crippen molar-refractivity contribution in [2.75, 3.05) is 26.0 Å². The molecule has 0 radical (unpaired) electrons. The highest BCUT2D eigenvalue weighted by Gasteiger charge is 2.40. The second-order valence-electron chi connectivity index (χ2n) is 4.93. The van der Waals surface area contributed by atoms with Crippen LogP contribution in [0.25, 0.3) is 0 Å². The van der Waals surface area contributed by atoms with Crippen molar-refractivity contribution < 1.29 is 32.3 Å². The number of alkyl halides is 3. The molecule has 112 valence electrons. The van der Waals surface area contributed by atoms with Gasteiger partial charge in [0.2, 0.25) is 0 Å². The van der Waals surface area contributed by atoms with Crippen LogP contribution in [0.1, 0.15) is 37.3 Å². The molecule has 19 heavy (non-hydrogen) atoms. The van der Waals surface area contributed by atoms with Gasteiger partial charge >= 0.3 is 12.3 Å². The summed E-state index contributed by atoms with van der Waals surface area (Å²) in [4.78, 5) is 12.3. The molecule has 4 nitrogen and oxygen atoms in total. The van der Waals surface area contributed by atoms with Crippen LogP contribution in [0.4, 0.5) is 18.0 Å². The third-order valence-electron chi connectivity index (χ3n) is 2.24. The maximum absolute atomic E-state index is 12.6. The summed E-state index contributed by atoms with van der Waals surface area (Å²) < 4.78 is 97.8. The van der Waals surface area contributed by atoms with Crippen LogP contribution in [0.5, 0.6) is 0 Å². The molecule has 1 fully saturated rings. The van der Waals surface area contributed by atoms with E-state index >= 15 is 0 Å². The average molecular weight is 289 g/mol. The van der Waals surface area contributed by atoms with Gasteiger partial charge in [0.1, 0.15) is 0 Å². The highest BCUT2D eigenvalue weighted by Crippen LogP contribution is 2.23. The van der Waals surface area contributed by atoms with Gasteiger partial charge in [0.25, 0.3) is 0 Å². The molecule has 0 aromatic rings. The number of carbonyl (C=O) groups is 1. The summed E-state index contributed by atoms with van der Waals surface area (Å²) in [5, 5.41) is 0.